The molecule has 3 aliphatic rings. The molecular formula is C26H31F2N3O4. The van der Waals surface area contributed by atoms with Crippen LogP contribution in [0.5, 0.6) is 0 Å². The maximum absolute atomic E-state index is 14.8. The monoisotopic (exact) mass is 487 g/mol. The summed E-state index contributed by atoms with van der Waals surface area (Å²) in [6.45, 7) is 6.24. The normalized spacial score (nSPS) is 23.1. The van der Waals surface area contributed by atoms with Crippen LogP contribution in [0.25, 0.3) is 11.3 Å². The van der Waals surface area contributed by atoms with Crippen molar-refractivity contribution in [1.82, 2.24) is 15.0 Å². The van der Waals surface area contributed by atoms with E-state index in [0.29, 0.717) is 36.1 Å². The molecule has 0 aliphatic carbocycles. The van der Waals surface area contributed by atoms with E-state index in [-0.39, 0.29) is 42.1 Å². The number of nitrogens with zero attached hydrogens (tertiary/aromatic N) is 2. The summed E-state index contributed by atoms with van der Waals surface area (Å²) < 4.78 is 45.3. The summed E-state index contributed by atoms with van der Waals surface area (Å²) >= 11 is 0. The number of rotatable bonds is 3. The van der Waals surface area contributed by atoms with Crippen LogP contribution in [-0.4, -0.2) is 40.9 Å². The number of halogens is 2. The number of ether oxygens (including phenoxy) is 3. The van der Waals surface area contributed by atoms with E-state index in [1.54, 1.807) is 6.07 Å². The molecule has 1 aromatic carbocycles. The number of hydrogen-bond donors (Lipinski definition) is 1. The zero-order chi connectivity index (χ0) is 24.8. The third kappa shape index (κ3) is 5.91. The molecule has 2 saturated heterocycles. The average Bonchev–Trinajstić information content (AvgIpc) is 3.57. The van der Waals surface area contributed by atoms with Gasteiger partial charge in [-0.05, 0) is 37.5 Å². The Kier molecular flexibility index (Phi) is 8.54. The molecule has 2 fully saturated rings. The lowest BCUT2D eigenvalue weighted by molar-refractivity contribution is -0.0310. The number of aromatic amines is 1. The van der Waals surface area contributed by atoms with E-state index < -0.39 is 11.6 Å². The highest BCUT2D eigenvalue weighted by atomic mass is 19.1. The van der Waals surface area contributed by atoms with Crippen LogP contribution in [0.4, 0.5) is 8.78 Å². The standard InChI is InChI=1S/C24H25F2N3O4.C2H6/c25-16-1-2-17(19(26)8-16)21-9-20(14-4-6-33-23(7-14)15-3-5-31-10-15)27-13-28-24(30)18-11-32-12-22(18)29-21;1-2/h1-2,8-9,13-15,23H,3-7,10-12H2,(H,27,28,30);1-2H3. The van der Waals surface area contributed by atoms with Crippen LogP contribution >= 0.6 is 0 Å². The average molecular weight is 488 g/mol. The van der Waals surface area contributed by atoms with Crippen LogP contribution in [0.15, 0.2) is 35.4 Å². The first-order valence-electron chi connectivity index (χ1n) is 12.2. The van der Waals surface area contributed by atoms with Gasteiger partial charge < -0.3 is 19.2 Å². The Morgan fingerprint density at radius 3 is 2.69 bits per heavy atom. The Morgan fingerprint density at radius 2 is 1.91 bits per heavy atom. The summed E-state index contributed by atoms with van der Waals surface area (Å²) in [5.74, 6) is -1.04. The van der Waals surface area contributed by atoms with Crippen molar-refractivity contribution in [3.8, 4) is 11.3 Å². The van der Waals surface area contributed by atoms with Crippen LogP contribution in [0.1, 0.15) is 56.0 Å². The number of benzene rings is 1. The topological polar surface area (TPSA) is 86.3 Å². The second kappa shape index (κ2) is 11.8. The molecule has 1 N–H and O–H groups in total. The van der Waals surface area contributed by atoms with Gasteiger partial charge >= 0.3 is 0 Å². The Hall–Kier alpha value is -2.75. The molecule has 0 amide bonds. The van der Waals surface area contributed by atoms with Crippen LogP contribution in [0.3, 0.4) is 0 Å². The van der Waals surface area contributed by atoms with Crippen LogP contribution < -0.4 is 5.56 Å². The predicted molar refractivity (Wildman–Crippen MR) is 126 cm³/mol. The van der Waals surface area contributed by atoms with Crippen molar-refractivity contribution in [3.63, 3.8) is 0 Å². The van der Waals surface area contributed by atoms with Crippen molar-refractivity contribution < 1.29 is 23.0 Å². The Bertz CT molecular complexity index is 1150. The van der Waals surface area contributed by atoms with E-state index in [9.17, 15) is 13.6 Å². The fraction of sp³-hybridized carbons (Fsp3) is 0.500. The summed E-state index contributed by atoms with van der Waals surface area (Å²) in [4.78, 5) is 24.4. The quantitative estimate of drug-likeness (QED) is 0.682. The second-order valence-corrected chi connectivity index (χ2v) is 8.59. The molecule has 0 radical (unpaired) electrons. The molecule has 188 valence electrons. The van der Waals surface area contributed by atoms with E-state index in [0.717, 1.165) is 31.9 Å². The van der Waals surface area contributed by atoms with Crippen molar-refractivity contribution in [2.24, 2.45) is 5.92 Å². The first-order valence-corrected chi connectivity index (χ1v) is 12.2. The molecule has 2 aromatic rings. The summed E-state index contributed by atoms with van der Waals surface area (Å²) in [5, 5.41) is 0. The molecule has 0 saturated carbocycles. The highest BCUT2D eigenvalue weighted by Gasteiger charge is 2.33. The summed E-state index contributed by atoms with van der Waals surface area (Å²) in [6, 6.07) is 5.09. The summed E-state index contributed by atoms with van der Waals surface area (Å²) in [7, 11) is 0. The summed E-state index contributed by atoms with van der Waals surface area (Å²) in [5.41, 5.74) is 1.50. The minimum Gasteiger partial charge on any atom is -0.381 e. The highest BCUT2D eigenvalue weighted by Crippen LogP contribution is 2.35. The lowest BCUT2D eigenvalue weighted by atomic mass is 9.86. The summed E-state index contributed by atoms with van der Waals surface area (Å²) in [6.07, 6.45) is 3.84. The van der Waals surface area contributed by atoms with Crippen molar-refractivity contribution in [2.45, 2.75) is 58.3 Å². The smallest absolute Gasteiger partial charge is 0.256 e. The van der Waals surface area contributed by atoms with E-state index in [1.807, 2.05) is 13.8 Å². The third-order valence-electron chi connectivity index (χ3n) is 6.49. The first-order chi connectivity index (χ1) is 17.1. The molecule has 5 rings (SSSR count). The van der Waals surface area contributed by atoms with Gasteiger partial charge in [0.1, 0.15) is 11.6 Å². The number of hydrogen-bond acceptors (Lipinski definition) is 6. The minimum absolute atomic E-state index is 0.0268. The van der Waals surface area contributed by atoms with Gasteiger partial charge in [0, 0.05) is 42.4 Å². The van der Waals surface area contributed by atoms with Crippen LogP contribution in [0, 0.1) is 17.6 Å². The van der Waals surface area contributed by atoms with Crippen LogP contribution in [0.2, 0.25) is 0 Å². The lowest BCUT2D eigenvalue weighted by Crippen LogP contribution is -2.32. The second-order valence-electron chi connectivity index (χ2n) is 8.59. The predicted octanol–water partition coefficient (Wildman–Crippen LogP) is 4.59. The fourth-order valence-electron chi connectivity index (χ4n) is 4.65. The van der Waals surface area contributed by atoms with Gasteiger partial charge in [-0.25, -0.2) is 18.7 Å². The zero-order valence-electron chi connectivity index (χ0n) is 20.1. The number of fused-ring (bicyclic) bond motifs is 1. The molecule has 1 aromatic heterocycles. The van der Waals surface area contributed by atoms with Gasteiger partial charge in [0.25, 0.3) is 5.56 Å². The minimum atomic E-state index is -0.733. The first kappa shape index (κ1) is 25.3. The Labute approximate surface area is 203 Å². The van der Waals surface area contributed by atoms with Gasteiger partial charge in [0.05, 0.1) is 49.2 Å². The molecule has 3 atom stereocenters. The van der Waals surface area contributed by atoms with Gasteiger partial charge in [-0.3, -0.25) is 4.79 Å². The van der Waals surface area contributed by atoms with E-state index in [1.165, 1.54) is 18.5 Å². The molecule has 35 heavy (non-hydrogen) atoms. The van der Waals surface area contributed by atoms with Crippen molar-refractivity contribution in [1.29, 1.82) is 0 Å². The van der Waals surface area contributed by atoms with Crippen molar-refractivity contribution >= 4 is 0 Å². The molecule has 0 spiro atoms. The number of H-pyrrole nitrogens is 1. The molecule has 3 unspecified atom stereocenters. The fourth-order valence-corrected chi connectivity index (χ4v) is 4.65. The number of nitrogens with one attached hydrogen (secondary N) is 1. The van der Waals surface area contributed by atoms with Gasteiger partial charge in [0.2, 0.25) is 0 Å². The van der Waals surface area contributed by atoms with E-state index in [4.69, 9.17) is 14.2 Å². The molecule has 7 nitrogen and oxygen atoms in total. The molecule has 4 heterocycles. The van der Waals surface area contributed by atoms with Crippen molar-refractivity contribution in [2.75, 3.05) is 19.8 Å². The van der Waals surface area contributed by atoms with Gasteiger partial charge in [-0.1, -0.05) is 13.8 Å². The zero-order valence-corrected chi connectivity index (χ0v) is 20.1. The van der Waals surface area contributed by atoms with Gasteiger partial charge in [-0.15, -0.1) is 0 Å². The highest BCUT2D eigenvalue weighted by molar-refractivity contribution is 5.60. The maximum Gasteiger partial charge on any atom is 0.256 e. The van der Waals surface area contributed by atoms with Crippen LogP contribution in [-0.2, 0) is 27.4 Å². The SMILES string of the molecule is CC.O=c1[nH]cnc(C2CCOC(C3CCOC3)C2)cc(-c2ccc(F)cc2F)nc2c1COC2. The lowest BCUT2D eigenvalue weighted by Gasteiger charge is -2.32. The molecule has 0 bridgehead atoms. The Balaban J connectivity index is 0.00000141. The third-order valence-corrected chi connectivity index (χ3v) is 6.49. The van der Waals surface area contributed by atoms with Crippen molar-refractivity contribution in [3.05, 3.63) is 69.5 Å². The Morgan fingerprint density at radius 1 is 1.06 bits per heavy atom. The number of aromatic nitrogens is 3. The van der Waals surface area contributed by atoms with E-state index in [2.05, 4.69) is 15.0 Å². The van der Waals surface area contributed by atoms with Gasteiger partial charge in [-0.2, -0.15) is 0 Å². The molecule has 3 aliphatic heterocycles. The maximum atomic E-state index is 14.8. The molecule has 9 heteroatoms. The molecular weight excluding hydrogens is 456 g/mol. The largest absolute Gasteiger partial charge is 0.381 e. The van der Waals surface area contributed by atoms with Gasteiger partial charge in [0.15, 0.2) is 0 Å². The van der Waals surface area contributed by atoms with E-state index >= 15 is 0 Å².